The van der Waals surface area contributed by atoms with Crippen LogP contribution in [0.2, 0.25) is 0 Å². The Hall–Kier alpha value is -2.03. The molecule has 0 saturated carbocycles. The van der Waals surface area contributed by atoms with Crippen LogP contribution in [0.25, 0.3) is 0 Å². The second-order valence-corrected chi connectivity index (χ2v) is 4.51. The van der Waals surface area contributed by atoms with Crippen LogP contribution in [0.3, 0.4) is 0 Å². The Kier molecular flexibility index (Phi) is 4.39. The first-order valence-electron chi connectivity index (χ1n) is 6.59. The molecular formula is C16H19NO2. The van der Waals surface area contributed by atoms with Crippen molar-refractivity contribution in [2.24, 2.45) is 0 Å². The Balaban J connectivity index is 2.01. The maximum Gasteiger partial charge on any atom is 0.257 e. The monoisotopic (exact) mass is 257 g/mol. The van der Waals surface area contributed by atoms with Crippen LogP contribution in [0.15, 0.2) is 47.1 Å². The van der Waals surface area contributed by atoms with Gasteiger partial charge >= 0.3 is 0 Å². The number of furan rings is 1. The van der Waals surface area contributed by atoms with Gasteiger partial charge in [0, 0.05) is 13.1 Å². The highest BCUT2D eigenvalue weighted by molar-refractivity contribution is 5.95. The first-order chi connectivity index (χ1) is 9.22. The first kappa shape index (κ1) is 13.4. The van der Waals surface area contributed by atoms with Gasteiger partial charge in [-0.05, 0) is 31.9 Å². The lowest BCUT2D eigenvalue weighted by molar-refractivity contribution is 0.0764. The summed E-state index contributed by atoms with van der Waals surface area (Å²) >= 11 is 0. The van der Waals surface area contributed by atoms with Gasteiger partial charge in [-0.1, -0.05) is 30.3 Å². The number of benzene rings is 1. The van der Waals surface area contributed by atoms with E-state index in [9.17, 15) is 4.79 Å². The molecule has 0 radical (unpaired) electrons. The van der Waals surface area contributed by atoms with Gasteiger partial charge in [-0.15, -0.1) is 0 Å². The highest BCUT2D eigenvalue weighted by atomic mass is 16.3. The van der Waals surface area contributed by atoms with Crippen molar-refractivity contribution >= 4 is 5.91 Å². The van der Waals surface area contributed by atoms with E-state index in [1.807, 2.05) is 36.9 Å². The van der Waals surface area contributed by atoms with Crippen molar-refractivity contribution in [3.05, 3.63) is 59.5 Å². The zero-order valence-electron chi connectivity index (χ0n) is 11.4. The fourth-order valence-corrected chi connectivity index (χ4v) is 2.09. The molecule has 1 heterocycles. The number of aryl methyl sites for hydroxylation is 1. The molecule has 0 aliphatic rings. The number of carbonyl (C=O) groups is 1. The molecule has 1 amide bonds. The average Bonchev–Trinajstić information content (AvgIpc) is 2.86. The Morgan fingerprint density at radius 2 is 1.95 bits per heavy atom. The molecule has 2 aromatic rings. The predicted molar refractivity (Wildman–Crippen MR) is 75.2 cm³/mol. The molecule has 0 spiro atoms. The molecule has 0 unspecified atom stereocenters. The summed E-state index contributed by atoms with van der Waals surface area (Å²) in [7, 11) is 0. The number of nitrogens with zero attached hydrogens (tertiary/aromatic N) is 1. The van der Waals surface area contributed by atoms with Gasteiger partial charge in [0.1, 0.15) is 5.76 Å². The molecular weight excluding hydrogens is 238 g/mol. The highest BCUT2D eigenvalue weighted by Crippen LogP contribution is 2.12. The van der Waals surface area contributed by atoms with Crippen molar-refractivity contribution in [2.45, 2.75) is 20.3 Å². The number of amides is 1. The largest absolute Gasteiger partial charge is 0.469 e. The van der Waals surface area contributed by atoms with Gasteiger partial charge in [0.25, 0.3) is 5.91 Å². The Morgan fingerprint density at radius 3 is 2.53 bits per heavy atom. The number of rotatable bonds is 5. The Bertz CT molecular complexity index is 531. The molecule has 0 atom stereocenters. The molecule has 0 N–H and O–H groups in total. The van der Waals surface area contributed by atoms with E-state index in [1.54, 1.807) is 12.3 Å². The zero-order chi connectivity index (χ0) is 13.7. The summed E-state index contributed by atoms with van der Waals surface area (Å²) in [5, 5.41) is 0. The molecule has 3 heteroatoms. The standard InChI is InChI=1S/C16H19NO2/c1-3-17(11-9-14-7-5-4-6-8-14)16(18)15-10-12-19-13(15)2/h4-8,10,12H,3,9,11H2,1-2H3. The van der Waals surface area contributed by atoms with Crippen LogP contribution >= 0.6 is 0 Å². The van der Waals surface area contributed by atoms with E-state index in [-0.39, 0.29) is 5.91 Å². The molecule has 3 nitrogen and oxygen atoms in total. The summed E-state index contributed by atoms with van der Waals surface area (Å²) in [4.78, 5) is 14.2. The number of hydrogen-bond acceptors (Lipinski definition) is 2. The fourth-order valence-electron chi connectivity index (χ4n) is 2.09. The summed E-state index contributed by atoms with van der Waals surface area (Å²) in [6, 6.07) is 12.0. The first-order valence-corrected chi connectivity index (χ1v) is 6.59. The predicted octanol–water partition coefficient (Wildman–Crippen LogP) is 3.29. The van der Waals surface area contributed by atoms with E-state index in [4.69, 9.17) is 4.42 Å². The van der Waals surface area contributed by atoms with E-state index < -0.39 is 0 Å². The summed E-state index contributed by atoms with van der Waals surface area (Å²) in [6.45, 7) is 5.25. The third-order valence-corrected chi connectivity index (χ3v) is 3.27. The molecule has 0 aliphatic heterocycles. The molecule has 19 heavy (non-hydrogen) atoms. The van der Waals surface area contributed by atoms with Crippen molar-refractivity contribution in [1.82, 2.24) is 4.90 Å². The second kappa shape index (κ2) is 6.23. The number of carbonyl (C=O) groups excluding carboxylic acids is 1. The molecule has 0 aliphatic carbocycles. The SMILES string of the molecule is CCN(CCc1ccccc1)C(=O)c1ccoc1C. The van der Waals surface area contributed by atoms with Gasteiger partial charge in [0.05, 0.1) is 11.8 Å². The Labute approximate surface area is 113 Å². The van der Waals surface area contributed by atoms with E-state index in [0.717, 1.165) is 13.0 Å². The fraction of sp³-hybridized carbons (Fsp3) is 0.312. The van der Waals surface area contributed by atoms with E-state index >= 15 is 0 Å². The van der Waals surface area contributed by atoms with Gasteiger partial charge in [-0.3, -0.25) is 4.79 Å². The molecule has 1 aromatic heterocycles. The molecule has 100 valence electrons. The van der Waals surface area contributed by atoms with Crippen LogP contribution in [0, 0.1) is 6.92 Å². The van der Waals surface area contributed by atoms with Gasteiger partial charge < -0.3 is 9.32 Å². The van der Waals surface area contributed by atoms with E-state index in [2.05, 4.69) is 12.1 Å². The lowest BCUT2D eigenvalue weighted by Gasteiger charge is -2.20. The molecule has 0 fully saturated rings. The smallest absolute Gasteiger partial charge is 0.257 e. The lowest BCUT2D eigenvalue weighted by Crippen LogP contribution is -2.32. The Morgan fingerprint density at radius 1 is 1.21 bits per heavy atom. The summed E-state index contributed by atoms with van der Waals surface area (Å²) in [5.41, 5.74) is 1.91. The van der Waals surface area contributed by atoms with Crippen LogP contribution in [-0.4, -0.2) is 23.9 Å². The van der Waals surface area contributed by atoms with Crippen molar-refractivity contribution in [2.75, 3.05) is 13.1 Å². The van der Waals surface area contributed by atoms with Crippen LogP contribution < -0.4 is 0 Å². The van der Waals surface area contributed by atoms with Crippen molar-refractivity contribution in [3.8, 4) is 0 Å². The normalized spacial score (nSPS) is 10.4. The lowest BCUT2D eigenvalue weighted by atomic mass is 10.1. The van der Waals surface area contributed by atoms with Crippen molar-refractivity contribution < 1.29 is 9.21 Å². The third kappa shape index (κ3) is 3.25. The minimum atomic E-state index is 0.0460. The maximum absolute atomic E-state index is 12.3. The minimum Gasteiger partial charge on any atom is -0.469 e. The summed E-state index contributed by atoms with van der Waals surface area (Å²) in [5.74, 6) is 0.729. The number of hydrogen-bond donors (Lipinski definition) is 0. The van der Waals surface area contributed by atoms with Crippen LogP contribution in [0.5, 0.6) is 0 Å². The average molecular weight is 257 g/mol. The second-order valence-electron chi connectivity index (χ2n) is 4.51. The van der Waals surface area contributed by atoms with Crippen LogP contribution in [-0.2, 0) is 6.42 Å². The van der Waals surface area contributed by atoms with Gasteiger partial charge in [-0.25, -0.2) is 0 Å². The van der Waals surface area contributed by atoms with E-state index in [0.29, 0.717) is 17.9 Å². The van der Waals surface area contributed by atoms with Crippen molar-refractivity contribution in [3.63, 3.8) is 0 Å². The van der Waals surface area contributed by atoms with Gasteiger partial charge in [-0.2, -0.15) is 0 Å². The number of likely N-dealkylation sites (N-methyl/N-ethyl adjacent to an activating group) is 1. The third-order valence-electron chi connectivity index (χ3n) is 3.27. The zero-order valence-corrected chi connectivity index (χ0v) is 11.4. The summed E-state index contributed by atoms with van der Waals surface area (Å²) < 4.78 is 5.20. The summed E-state index contributed by atoms with van der Waals surface area (Å²) in [6.07, 6.45) is 2.44. The molecule has 1 aromatic carbocycles. The van der Waals surface area contributed by atoms with Crippen LogP contribution in [0.1, 0.15) is 28.6 Å². The van der Waals surface area contributed by atoms with Crippen molar-refractivity contribution in [1.29, 1.82) is 0 Å². The van der Waals surface area contributed by atoms with Crippen LogP contribution in [0.4, 0.5) is 0 Å². The maximum atomic E-state index is 12.3. The quantitative estimate of drug-likeness (QED) is 0.823. The highest BCUT2D eigenvalue weighted by Gasteiger charge is 2.17. The molecule has 0 bridgehead atoms. The van der Waals surface area contributed by atoms with Gasteiger partial charge in [0.2, 0.25) is 0 Å². The minimum absolute atomic E-state index is 0.0460. The van der Waals surface area contributed by atoms with Gasteiger partial charge in [0.15, 0.2) is 0 Å². The molecule has 2 rings (SSSR count). The molecule has 0 saturated heterocycles. The topological polar surface area (TPSA) is 33.5 Å². The van der Waals surface area contributed by atoms with E-state index in [1.165, 1.54) is 5.56 Å².